The zero-order valence-electron chi connectivity index (χ0n) is 8.40. The Kier molecular flexibility index (Phi) is 1.72. The number of fused-ring (bicyclic) bond motifs is 1. The lowest BCUT2D eigenvalue weighted by Crippen LogP contribution is -2.33. The molecule has 2 heteroatoms. The zero-order chi connectivity index (χ0) is 9.00. The second-order valence-corrected chi connectivity index (χ2v) is 5.18. The molecule has 2 saturated heterocycles. The summed E-state index contributed by atoms with van der Waals surface area (Å²) in [5.41, 5.74) is 0. The number of hydrogen-bond donors (Lipinski definition) is 0. The van der Waals surface area contributed by atoms with Crippen LogP contribution in [0.25, 0.3) is 0 Å². The molecule has 74 valence electrons. The van der Waals surface area contributed by atoms with Crippen molar-refractivity contribution in [2.45, 2.75) is 39.1 Å². The fourth-order valence-corrected chi connectivity index (χ4v) is 3.35. The molecule has 2 unspecified atom stereocenters. The summed E-state index contributed by atoms with van der Waals surface area (Å²) in [6.07, 6.45) is 3.27. The van der Waals surface area contributed by atoms with Crippen LogP contribution < -0.4 is 0 Å². The average Bonchev–Trinajstić information content (AvgIpc) is 2.55. The number of ether oxygens (including phenoxy) is 2. The highest BCUT2D eigenvalue weighted by Crippen LogP contribution is 2.50. The molecule has 1 saturated carbocycles. The SMILES string of the molecule is CC(C)C1C[C@@H]2CO[C@@H]3OC1C[C@H]23. The van der Waals surface area contributed by atoms with Crippen LogP contribution in [0.2, 0.25) is 0 Å². The summed E-state index contributed by atoms with van der Waals surface area (Å²) in [4.78, 5) is 0. The molecule has 1 aliphatic carbocycles. The third-order valence-corrected chi connectivity index (χ3v) is 4.15. The second-order valence-electron chi connectivity index (χ2n) is 5.18. The molecule has 0 amide bonds. The number of rotatable bonds is 1. The zero-order valence-corrected chi connectivity index (χ0v) is 8.40. The molecule has 3 rings (SSSR count). The molecule has 0 spiro atoms. The predicted octanol–water partition coefficient (Wildman–Crippen LogP) is 2.04. The van der Waals surface area contributed by atoms with Crippen molar-refractivity contribution in [2.75, 3.05) is 6.61 Å². The Morgan fingerprint density at radius 2 is 2.08 bits per heavy atom. The highest BCUT2D eigenvalue weighted by molar-refractivity contribution is 4.96. The summed E-state index contributed by atoms with van der Waals surface area (Å²) < 4.78 is 11.5. The maximum Gasteiger partial charge on any atom is 0.161 e. The Balaban J connectivity index is 1.84. The van der Waals surface area contributed by atoms with E-state index in [0.29, 0.717) is 6.10 Å². The van der Waals surface area contributed by atoms with Gasteiger partial charge in [-0.3, -0.25) is 0 Å². The van der Waals surface area contributed by atoms with Crippen molar-refractivity contribution in [3.8, 4) is 0 Å². The third-order valence-electron chi connectivity index (χ3n) is 4.15. The maximum atomic E-state index is 5.93. The first-order valence-corrected chi connectivity index (χ1v) is 5.53. The van der Waals surface area contributed by atoms with Crippen LogP contribution >= 0.6 is 0 Å². The van der Waals surface area contributed by atoms with Gasteiger partial charge < -0.3 is 9.47 Å². The van der Waals surface area contributed by atoms with Gasteiger partial charge in [0.15, 0.2) is 6.29 Å². The lowest BCUT2D eigenvalue weighted by atomic mass is 9.72. The largest absolute Gasteiger partial charge is 0.352 e. The Labute approximate surface area is 79.6 Å². The number of hydrogen-bond acceptors (Lipinski definition) is 2. The lowest BCUT2D eigenvalue weighted by Gasteiger charge is -2.33. The predicted molar refractivity (Wildman–Crippen MR) is 49.2 cm³/mol. The Morgan fingerprint density at radius 3 is 2.85 bits per heavy atom. The van der Waals surface area contributed by atoms with E-state index in [-0.39, 0.29) is 6.29 Å². The minimum absolute atomic E-state index is 0.166. The molecule has 3 aliphatic rings. The molecular weight excluding hydrogens is 164 g/mol. The normalized spacial score (nSPS) is 53.3. The van der Waals surface area contributed by atoms with E-state index in [1.54, 1.807) is 0 Å². The fraction of sp³-hybridized carbons (Fsp3) is 1.00. The minimum Gasteiger partial charge on any atom is -0.352 e. The van der Waals surface area contributed by atoms with Gasteiger partial charge >= 0.3 is 0 Å². The van der Waals surface area contributed by atoms with Crippen LogP contribution in [0, 0.1) is 23.7 Å². The van der Waals surface area contributed by atoms with Crippen molar-refractivity contribution in [1.29, 1.82) is 0 Å². The molecule has 2 nitrogen and oxygen atoms in total. The van der Waals surface area contributed by atoms with Gasteiger partial charge in [-0.05, 0) is 30.6 Å². The van der Waals surface area contributed by atoms with Gasteiger partial charge in [-0.15, -0.1) is 0 Å². The van der Waals surface area contributed by atoms with Gasteiger partial charge in [-0.25, -0.2) is 0 Å². The highest BCUT2D eigenvalue weighted by Gasteiger charge is 2.53. The second kappa shape index (κ2) is 2.71. The minimum atomic E-state index is 0.166. The van der Waals surface area contributed by atoms with Crippen molar-refractivity contribution in [3.05, 3.63) is 0 Å². The molecule has 2 heterocycles. The van der Waals surface area contributed by atoms with Gasteiger partial charge in [-0.1, -0.05) is 13.8 Å². The average molecular weight is 182 g/mol. The van der Waals surface area contributed by atoms with Crippen LogP contribution in [0.15, 0.2) is 0 Å². The van der Waals surface area contributed by atoms with E-state index in [9.17, 15) is 0 Å². The molecule has 0 aromatic rings. The molecular formula is C11H18O2. The lowest BCUT2D eigenvalue weighted by molar-refractivity contribution is -0.137. The van der Waals surface area contributed by atoms with Crippen molar-refractivity contribution < 1.29 is 9.47 Å². The van der Waals surface area contributed by atoms with E-state index in [2.05, 4.69) is 13.8 Å². The van der Waals surface area contributed by atoms with Crippen molar-refractivity contribution >= 4 is 0 Å². The van der Waals surface area contributed by atoms with E-state index in [1.165, 1.54) is 12.8 Å². The van der Waals surface area contributed by atoms with E-state index in [0.717, 1.165) is 30.3 Å². The highest BCUT2D eigenvalue weighted by atomic mass is 16.7. The maximum absolute atomic E-state index is 5.93. The van der Waals surface area contributed by atoms with E-state index >= 15 is 0 Å². The molecule has 0 radical (unpaired) electrons. The monoisotopic (exact) mass is 182 g/mol. The van der Waals surface area contributed by atoms with Crippen LogP contribution in [0.5, 0.6) is 0 Å². The van der Waals surface area contributed by atoms with Gasteiger partial charge in [-0.2, -0.15) is 0 Å². The van der Waals surface area contributed by atoms with Crippen molar-refractivity contribution in [3.63, 3.8) is 0 Å². The molecule has 0 N–H and O–H groups in total. The van der Waals surface area contributed by atoms with Crippen molar-refractivity contribution in [2.24, 2.45) is 23.7 Å². The van der Waals surface area contributed by atoms with Gasteiger partial charge in [0, 0.05) is 5.92 Å². The van der Waals surface area contributed by atoms with Gasteiger partial charge in [0.1, 0.15) is 0 Å². The topological polar surface area (TPSA) is 18.5 Å². The standard InChI is InChI=1S/C11H18O2/c1-6(2)8-3-7-5-12-11-9(7)4-10(8)13-11/h6-11H,3-5H2,1-2H3/t7-,8?,9-,10?,11-/m1/s1. The first-order valence-electron chi connectivity index (χ1n) is 5.53. The summed E-state index contributed by atoms with van der Waals surface area (Å²) in [6, 6.07) is 0. The van der Waals surface area contributed by atoms with E-state index in [4.69, 9.17) is 9.47 Å². The van der Waals surface area contributed by atoms with Crippen molar-refractivity contribution in [1.82, 2.24) is 0 Å². The van der Waals surface area contributed by atoms with E-state index < -0.39 is 0 Å². The van der Waals surface area contributed by atoms with Crippen LogP contribution in [0.4, 0.5) is 0 Å². The van der Waals surface area contributed by atoms with Gasteiger partial charge in [0.2, 0.25) is 0 Å². The summed E-state index contributed by atoms with van der Waals surface area (Å²) in [5.74, 6) is 3.09. The first kappa shape index (κ1) is 8.25. The van der Waals surface area contributed by atoms with Crippen LogP contribution in [-0.4, -0.2) is 19.0 Å². The third kappa shape index (κ3) is 1.08. The Bertz CT molecular complexity index is 212. The van der Waals surface area contributed by atoms with Gasteiger partial charge in [0.25, 0.3) is 0 Å². The molecule has 5 atom stereocenters. The van der Waals surface area contributed by atoms with E-state index in [1.807, 2.05) is 0 Å². The summed E-state index contributed by atoms with van der Waals surface area (Å²) >= 11 is 0. The van der Waals surface area contributed by atoms with Gasteiger partial charge in [0.05, 0.1) is 12.7 Å². The Morgan fingerprint density at radius 1 is 1.23 bits per heavy atom. The first-order chi connectivity index (χ1) is 6.25. The molecule has 0 aromatic heterocycles. The molecule has 0 aromatic carbocycles. The summed E-state index contributed by atoms with van der Waals surface area (Å²) in [5, 5.41) is 0. The smallest absolute Gasteiger partial charge is 0.161 e. The quantitative estimate of drug-likeness (QED) is 0.618. The van der Waals surface area contributed by atoms with Crippen LogP contribution in [-0.2, 0) is 9.47 Å². The summed E-state index contributed by atoms with van der Waals surface area (Å²) in [7, 11) is 0. The van der Waals surface area contributed by atoms with Crippen LogP contribution in [0.1, 0.15) is 26.7 Å². The van der Waals surface area contributed by atoms with Crippen LogP contribution in [0.3, 0.4) is 0 Å². The molecule has 2 aliphatic heterocycles. The molecule has 2 bridgehead atoms. The molecule has 3 fully saturated rings. The fourth-order valence-electron chi connectivity index (χ4n) is 3.35. The summed E-state index contributed by atoms with van der Waals surface area (Å²) in [6.45, 7) is 5.59. The Hall–Kier alpha value is -0.0800. The molecule has 13 heavy (non-hydrogen) atoms.